The summed E-state index contributed by atoms with van der Waals surface area (Å²) in [4.78, 5) is 12.6. The molecule has 0 spiro atoms. The average Bonchev–Trinajstić information content (AvgIpc) is 2.67. The van der Waals surface area contributed by atoms with Crippen molar-refractivity contribution in [2.75, 3.05) is 4.72 Å². The molecule has 0 unspecified atom stereocenters. The molecule has 0 aliphatic rings. The van der Waals surface area contributed by atoms with E-state index in [0.29, 0.717) is 23.4 Å². The third kappa shape index (κ3) is 4.78. The SMILES string of the molecule is Cc1cccc(CNC(=O)c2ccc(C)c(S(=O)(=O)Nc3ccccc3)c2)c1. The number of rotatable bonds is 6. The first kappa shape index (κ1) is 19.6. The van der Waals surface area contributed by atoms with Gasteiger partial charge in [-0.25, -0.2) is 8.42 Å². The molecule has 5 nitrogen and oxygen atoms in total. The molecule has 0 fully saturated rings. The van der Waals surface area contributed by atoms with E-state index in [1.165, 1.54) is 6.07 Å². The van der Waals surface area contributed by atoms with Crippen molar-refractivity contribution in [2.24, 2.45) is 0 Å². The molecule has 3 aromatic rings. The van der Waals surface area contributed by atoms with Crippen molar-refractivity contribution in [2.45, 2.75) is 25.3 Å². The van der Waals surface area contributed by atoms with Gasteiger partial charge in [0.25, 0.3) is 15.9 Å². The highest BCUT2D eigenvalue weighted by Gasteiger charge is 2.19. The summed E-state index contributed by atoms with van der Waals surface area (Å²) in [6.07, 6.45) is 0. The van der Waals surface area contributed by atoms with Gasteiger partial charge in [0.05, 0.1) is 4.90 Å². The van der Waals surface area contributed by atoms with Crippen molar-refractivity contribution in [1.29, 1.82) is 0 Å². The first-order chi connectivity index (χ1) is 13.3. The van der Waals surface area contributed by atoms with Gasteiger partial charge < -0.3 is 5.32 Å². The molecule has 0 aliphatic carbocycles. The quantitative estimate of drug-likeness (QED) is 0.663. The number of benzene rings is 3. The van der Waals surface area contributed by atoms with Crippen molar-refractivity contribution in [3.05, 3.63) is 95.1 Å². The Balaban J connectivity index is 1.79. The van der Waals surface area contributed by atoms with Gasteiger partial charge in [0.2, 0.25) is 0 Å². The highest BCUT2D eigenvalue weighted by Crippen LogP contribution is 2.21. The smallest absolute Gasteiger partial charge is 0.262 e. The zero-order chi connectivity index (χ0) is 20.1. The number of hydrogen-bond acceptors (Lipinski definition) is 3. The summed E-state index contributed by atoms with van der Waals surface area (Å²) in [7, 11) is -3.80. The molecule has 0 radical (unpaired) electrons. The second kappa shape index (κ2) is 8.27. The summed E-state index contributed by atoms with van der Waals surface area (Å²) in [5, 5.41) is 2.84. The first-order valence-electron chi connectivity index (χ1n) is 8.87. The molecule has 0 aromatic heterocycles. The molecule has 0 bridgehead atoms. The van der Waals surface area contributed by atoms with Gasteiger partial charge in [-0.2, -0.15) is 0 Å². The van der Waals surface area contributed by atoms with Gasteiger partial charge in [0.15, 0.2) is 0 Å². The third-order valence-electron chi connectivity index (χ3n) is 4.30. The van der Waals surface area contributed by atoms with E-state index >= 15 is 0 Å². The van der Waals surface area contributed by atoms with E-state index in [4.69, 9.17) is 0 Å². The fraction of sp³-hybridized carbons (Fsp3) is 0.136. The summed E-state index contributed by atoms with van der Waals surface area (Å²) >= 11 is 0. The Bertz CT molecular complexity index is 1090. The minimum atomic E-state index is -3.80. The van der Waals surface area contributed by atoms with Crippen molar-refractivity contribution < 1.29 is 13.2 Å². The van der Waals surface area contributed by atoms with Crippen LogP contribution in [-0.4, -0.2) is 14.3 Å². The average molecular weight is 394 g/mol. The molecule has 0 saturated heterocycles. The molecule has 0 heterocycles. The Morgan fingerprint density at radius 3 is 2.36 bits per heavy atom. The van der Waals surface area contributed by atoms with Crippen LogP contribution in [0.1, 0.15) is 27.0 Å². The number of nitrogens with one attached hydrogen (secondary N) is 2. The summed E-state index contributed by atoms with van der Waals surface area (Å²) in [6, 6.07) is 21.2. The monoisotopic (exact) mass is 394 g/mol. The summed E-state index contributed by atoms with van der Waals surface area (Å²) in [5.74, 6) is -0.322. The zero-order valence-electron chi connectivity index (χ0n) is 15.8. The Morgan fingerprint density at radius 2 is 1.64 bits per heavy atom. The topological polar surface area (TPSA) is 75.3 Å². The van der Waals surface area contributed by atoms with E-state index in [2.05, 4.69) is 10.0 Å². The van der Waals surface area contributed by atoms with Crippen LogP contribution in [0, 0.1) is 13.8 Å². The van der Waals surface area contributed by atoms with Gasteiger partial charge in [0, 0.05) is 17.8 Å². The molecule has 0 saturated carbocycles. The summed E-state index contributed by atoms with van der Waals surface area (Å²) in [6.45, 7) is 4.06. The van der Waals surface area contributed by atoms with E-state index < -0.39 is 10.0 Å². The molecular formula is C22H22N2O3S. The molecule has 0 aliphatic heterocycles. The largest absolute Gasteiger partial charge is 0.348 e. The third-order valence-corrected chi connectivity index (χ3v) is 5.82. The molecule has 1 amide bonds. The van der Waals surface area contributed by atoms with Crippen LogP contribution in [0.4, 0.5) is 5.69 Å². The van der Waals surface area contributed by atoms with E-state index in [-0.39, 0.29) is 10.8 Å². The van der Waals surface area contributed by atoms with Crippen LogP contribution >= 0.6 is 0 Å². The lowest BCUT2D eigenvalue weighted by Gasteiger charge is -2.12. The van der Waals surface area contributed by atoms with Gasteiger partial charge in [-0.15, -0.1) is 0 Å². The maximum Gasteiger partial charge on any atom is 0.262 e. The lowest BCUT2D eigenvalue weighted by Crippen LogP contribution is -2.23. The molecule has 28 heavy (non-hydrogen) atoms. The Labute approximate surface area is 165 Å². The van der Waals surface area contributed by atoms with Crippen molar-refractivity contribution in [1.82, 2.24) is 5.32 Å². The molecule has 2 N–H and O–H groups in total. The van der Waals surface area contributed by atoms with Crippen LogP contribution in [0.15, 0.2) is 77.7 Å². The second-order valence-electron chi connectivity index (χ2n) is 6.62. The van der Waals surface area contributed by atoms with Gasteiger partial charge in [-0.3, -0.25) is 9.52 Å². The zero-order valence-corrected chi connectivity index (χ0v) is 16.6. The standard InChI is InChI=1S/C22H22N2O3S/c1-16-7-6-8-18(13-16)15-23-22(25)19-12-11-17(2)21(14-19)28(26,27)24-20-9-4-3-5-10-20/h3-14,24H,15H2,1-2H3,(H,23,25). The van der Waals surface area contributed by atoms with Crippen LogP contribution in [0.2, 0.25) is 0 Å². The lowest BCUT2D eigenvalue weighted by atomic mass is 10.1. The second-order valence-corrected chi connectivity index (χ2v) is 8.27. The van der Waals surface area contributed by atoms with Crippen molar-refractivity contribution in [3.8, 4) is 0 Å². The van der Waals surface area contributed by atoms with E-state index in [1.807, 2.05) is 37.3 Å². The van der Waals surface area contributed by atoms with Crippen LogP contribution in [0.3, 0.4) is 0 Å². The molecule has 6 heteroatoms. The van der Waals surface area contributed by atoms with Crippen LogP contribution in [0.5, 0.6) is 0 Å². The number of amides is 1. The molecule has 0 atom stereocenters. The first-order valence-corrected chi connectivity index (χ1v) is 10.4. The number of hydrogen-bond donors (Lipinski definition) is 2. The maximum atomic E-state index is 12.8. The Morgan fingerprint density at radius 1 is 0.893 bits per heavy atom. The van der Waals surface area contributed by atoms with Gasteiger partial charge in [0.1, 0.15) is 0 Å². The number of carbonyl (C=O) groups is 1. The highest BCUT2D eigenvalue weighted by atomic mass is 32.2. The molecule has 3 aromatic carbocycles. The lowest BCUT2D eigenvalue weighted by molar-refractivity contribution is 0.0950. The summed E-state index contributed by atoms with van der Waals surface area (Å²) < 4.78 is 28.1. The van der Waals surface area contributed by atoms with Crippen LogP contribution in [0.25, 0.3) is 0 Å². The molecular weight excluding hydrogens is 372 g/mol. The van der Waals surface area contributed by atoms with Crippen molar-refractivity contribution >= 4 is 21.6 Å². The Kier molecular flexibility index (Phi) is 5.80. The number of aryl methyl sites for hydroxylation is 2. The maximum absolute atomic E-state index is 12.8. The minimum Gasteiger partial charge on any atom is -0.348 e. The number of anilines is 1. The van der Waals surface area contributed by atoms with E-state index in [0.717, 1.165) is 11.1 Å². The van der Waals surface area contributed by atoms with Crippen LogP contribution < -0.4 is 10.0 Å². The molecule has 144 valence electrons. The van der Waals surface area contributed by atoms with Gasteiger partial charge >= 0.3 is 0 Å². The molecule has 3 rings (SSSR count). The van der Waals surface area contributed by atoms with Crippen molar-refractivity contribution in [3.63, 3.8) is 0 Å². The van der Waals surface area contributed by atoms with Gasteiger partial charge in [-0.1, -0.05) is 54.1 Å². The number of para-hydroxylation sites is 1. The predicted molar refractivity (Wildman–Crippen MR) is 111 cm³/mol. The fourth-order valence-electron chi connectivity index (χ4n) is 2.85. The minimum absolute atomic E-state index is 0.0829. The highest BCUT2D eigenvalue weighted by molar-refractivity contribution is 7.92. The number of sulfonamides is 1. The van der Waals surface area contributed by atoms with Crippen LogP contribution in [-0.2, 0) is 16.6 Å². The summed E-state index contributed by atoms with van der Waals surface area (Å²) in [5.41, 5.74) is 3.43. The predicted octanol–water partition coefficient (Wildman–Crippen LogP) is 4.03. The fourth-order valence-corrected chi connectivity index (χ4v) is 4.18. The van der Waals surface area contributed by atoms with Gasteiger partial charge in [-0.05, 0) is 49.2 Å². The Hall–Kier alpha value is -3.12. The van der Waals surface area contributed by atoms with E-state index in [1.54, 1.807) is 43.3 Å². The van der Waals surface area contributed by atoms with E-state index in [9.17, 15) is 13.2 Å². The normalized spacial score (nSPS) is 11.1. The number of carbonyl (C=O) groups excluding carboxylic acids is 1.